The molecule has 0 aliphatic rings. The average molecular weight is 304 g/mol. The van der Waals surface area contributed by atoms with Crippen LogP contribution in [0, 0.1) is 5.92 Å². The number of nitrogens with one attached hydrogen (secondary N) is 2. The Morgan fingerprint density at radius 3 is 2.33 bits per heavy atom. The molecule has 1 aromatic rings. The molecule has 0 bridgehead atoms. The average Bonchev–Trinajstić information content (AvgIpc) is 2.34. The Bertz CT molecular complexity index is 542. The molecule has 1 aromatic carbocycles. The maximum atomic E-state index is 12.7. The zero-order valence-corrected chi connectivity index (χ0v) is 11.4. The molecule has 0 aliphatic carbocycles. The molecule has 0 atom stereocenters. The van der Waals surface area contributed by atoms with Crippen molar-refractivity contribution < 1.29 is 27.9 Å². The number of alkyl halides is 3. The van der Waals surface area contributed by atoms with Gasteiger partial charge in [-0.1, -0.05) is 13.8 Å². The number of carboxylic acid groups (broad SMARTS) is 1. The van der Waals surface area contributed by atoms with E-state index < -0.39 is 29.3 Å². The Kier molecular flexibility index (Phi) is 5.17. The molecule has 0 aliphatic heterocycles. The Morgan fingerprint density at radius 1 is 1.24 bits per heavy atom. The SMILES string of the molecule is CC(C)CNC(=O)Nc1cc(C(=O)O)cc(C(F)(F)F)c1. The van der Waals surface area contributed by atoms with Gasteiger partial charge < -0.3 is 15.7 Å². The Balaban J connectivity index is 2.98. The van der Waals surface area contributed by atoms with Crippen LogP contribution in [0.1, 0.15) is 29.8 Å². The van der Waals surface area contributed by atoms with Crippen LogP contribution < -0.4 is 10.6 Å². The predicted molar refractivity (Wildman–Crippen MR) is 70.3 cm³/mol. The molecule has 0 radical (unpaired) electrons. The second-order valence-electron chi connectivity index (χ2n) is 4.83. The fraction of sp³-hybridized carbons (Fsp3) is 0.385. The van der Waals surface area contributed by atoms with Crippen LogP contribution in [0.3, 0.4) is 0 Å². The molecule has 21 heavy (non-hydrogen) atoms. The van der Waals surface area contributed by atoms with Gasteiger partial charge in [-0.2, -0.15) is 13.2 Å². The highest BCUT2D eigenvalue weighted by atomic mass is 19.4. The van der Waals surface area contributed by atoms with Gasteiger partial charge in [-0.3, -0.25) is 0 Å². The molecular formula is C13H15F3N2O3. The van der Waals surface area contributed by atoms with Crippen molar-refractivity contribution in [1.82, 2.24) is 5.32 Å². The Labute approximate surface area is 119 Å². The smallest absolute Gasteiger partial charge is 0.416 e. The summed E-state index contributed by atoms with van der Waals surface area (Å²) in [4.78, 5) is 22.3. The molecular weight excluding hydrogens is 289 g/mol. The number of aromatic carboxylic acids is 1. The lowest BCUT2D eigenvalue weighted by atomic mass is 10.1. The van der Waals surface area contributed by atoms with Crippen molar-refractivity contribution in [3.05, 3.63) is 29.3 Å². The van der Waals surface area contributed by atoms with Crippen LogP contribution in [0.5, 0.6) is 0 Å². The molecule has 0 fully saturated rings. The number of anilines is 1. The number of amides is 2. The monoisotopic (exact) mass is 304 g/mol. The Hall–Kier alpha value is -2.25. The standard InChI is InChI=1S/C13H15F3N2O3/c1-7(2)6-17-12(21)18-10-4-8(11(19)20)3-9(5-10)13(14,15)16/h3-5,7H,6H2,1-2H3,(H,19,20)(H2,17,18,21). The van der Waals surface area contributed by atoms with Gasteiger partial charge in [-0.15, -0.1) is 0 Å². The Morgan fingerprint density at radius 2 is 1.86 bits per heavy atom. The summed E-state index contributed by atoms with van der Waals surface area (Å²) in [6.45, 7) is 4.05. The quantitative estimate of drug-likeness (QED) is 0.799. The first-order valence-electron chi connectivity index (χ1n) is 6.10. The van der Waals surface area contributed by atoms with Gasteiger partial charge in [0.15, 0.2) is 0 Å². The summed E-state index contributed by atoms with van der Waals surface area (Å²) in [5.74, 6) is -1.33. The molecule has 0 aromatic heterocycles. The van der Waals surface area contributed by atoms with Gasteiger partial charge in [-0.05, 0) is 24.1 Å². The van der Waals surface area contributed by atoms with Gasteiger partial charge in [0.25, 0.3) is 0 Å². The molecule has 1 rings (SSSR count). The molecule has 0 saturated heterocycles. The van der Waals surface area contributed by atoms with Crippen molar-refractivity contribution in [3.63, 3.8) is 0 Å². The van der Waals surface area contributed by atoms with Gasteiger partial charge >= 0.3 is 18.2 Å². The number of urea groups is 1. The van der Waals surface area contributed by atoms with E-state index in [1.807, 2.05) is 13.8 Å². The number of hydrogen-bond donors (Lipinski definition) is 3. The third kappa shape index (κ3) is 5.33. The molecule has 3 N–H and O–H groups in total. The van der Waals surface area contributed by atoms with E-state index in [1.165, 1.54) is 0 Å². The normalized spacial score (nSPS) is 11.3. The van der Waals surface area contributed by atoms with E-state index in [-0.39, 0.29) is 11.6 Å². The van der Waals surface area contributed by atoms with Crippen LogP contribution in [0.15, 0.2) is 18.2 Å². The van der Waals surface area contributed by atoms with Crippen LogP contribution in [0.2, 0.25) is 0 Å². The van der Waals surface area contributed by atoms with Crippen LogP contribution in [0.25, 0.3) is 0 Å². The van der Waals surface area contributed by atoms with Crippen LogP contribution >= 0.6 is 0 Å². The second-order valence-corrected chi connectivity index (χ2v) is 4.83. The predicted octanol–water partition coefficient (Wildman–Crippen LogP) is 3.18. The number of benzene rings is 1. The number of carbonyl (C=O) groups is 2. The minimum absolute atomic E-state index is 0.173. The van der Waals surface area contributed by atoms with Crippen LogP contribution in [0.4, 0.5) is 23.7 Å². The number of halogens is 3. The maximum Gasteiger partial charge on any atom is 0.416 e. The van der Waals surface area contributed by atoms with Crippen molar-refractivity contribution in [2.75, 3.05) is 11.9 Å². The first-order valence-corrected chi connectivity index (χ1v) is 6.10. The van der Waals surface area contributed by atoms with Gasteiger partial charge in [-0.25, -0.2) is 9.59 Å². The first kappa shape index (κ1) is 16.8. The molecule has 2 amide bonds. The molecule has 116 valence electrons. The molecule has 0 spiro atoms. The minimum atomic E-state index is -4.70. The van der Waals surface area contributed by atoms with E-state index in [0.29, 0.717) is 18.7 Å². The second kappa shape index (κ2) is 6.47. The summed E-state index contributed by atoms with van der Waals surface area (Å²) in [6.07, 6.45) is -4.70. The number of carboxylic acids is 1. The lowest BCUT2D eigenvalue weighted by Crippen LogP contribution is -2.31. The highest BCUT2D eigenvalue weighted by Crippen LogP contribution is 2.32. The number of rotatable bonds is 4. The maximum absolute atomic E-state index is 12.7. The molecule has 0 unspecified atom stereocenters. The number of carbonyl (C=O) groups excluding carboxylic acids is 1. The van der Waals surface area contributed by atoms with E-state index in [0.717, 1.165) is 6.07 Å². The summed E-state index contributed by atoms with van der Waals surface area (Å²) >= 11 is 0. The fourth-order valence-electron chi connectivity index (χ4n) is 1.46. The van der Waals surface area contributed by atoms with E-state index in [2.05, 4.69) is 10.6 Å². The zero-order chi connectivity index (χ0) is 16.2. The van der Waals surface area contributed by atoms with Crippen molar-refractivity contribution in [2.45, 2.75) is 20.0 Å². The summed E-state index contributed by atoms with van der Waals surface area (Å²) in [6, 6.07) is 1.47. The van der Waals surface area contributed by atoms with Crippen molar-refractivity contribution >= 4 is 17.7 Å². The van der Waals surface area contributed by atoms with Crippen molar-refractivity contribution in [3.8, 4) is 0 Å². The molecule has 8 heteroatoms. The highest BCUT2D eigenvalue weighted by molar-refractivity contribution is 5.93. The third-order valence-corrected chi connectivity index (χ3v) is 2.44. The number of hydrogen-bond acceptors (Lipinski definition) is 2. The van der Waals surface area contributed by atoms with E-state index in [4.69, 9.17) is 5.11 Å². The van der Waals surface area contributed by atoms with Crippen molar-refractivity contribution in [2.24, 2.45) is 5.92 Å². The van der Waals surface area contributed by atoms with Crippen LogP contribution in [-0.4, -0.2) is 23.7 Å². The third-order valence-electron chi connectivity index (χ3n) is 2.44. The van der Waals surface area contributed by atoms with E-state index in [1.54, 1.807) is 0 Å². The van der Waals surface area contributed by atoms with Crippen LogP contribution in [-0.2, 0) is 6.18 Å². The summed E-state index contributed by atoms with van der Waals surface area (Å²) in [5.41, 5.74) is -1.92. The minimum Gasteiger partial charge on any atom is -0.478 e. The summed E-state index contributed by atoms with van der Waals surface area (Å²) < 4.78 is 38.0. The summed E-state index contributed by atoms with van der Waals surface area (Å²) in [7, 11) is 0. The van der Waals surface area contributed by atoms with Gasteiger partial charge in [0.05, 0.1) is 11.1 Å². The van der Waals surface area contributed by atoms with E-state index >= 15 is 0 Å². The fourth-order valence-corrected chi connectivity index (χ4v) is 1.46. The van der Waals surface area contributed by atoms with Gasteiger partial charge in [0.1, 0.15) is 0 Å². The first-order chi connectivity index (χ1) is 9.59. The topological polar surface area (TPSA) is 78.4 Å². The van der Waals surface area contributed by atoms with Gasteiger partial charge in [0, 0.05) is 12.2 Å². The summed E-state index contributed by atoms with van der Waals surface area (Å²) in [5, 5.41) is 13.5. The molecule has 0 saturated carbocycles. The largest absolute Gasteiger partial charge is 0.478 e. The van der Waals surface area contributed by atoms with Gasteiger partial charge in [0.2, 0.25) is 0 Å². The molecule has 5 nitrogen and oxygen atoms in total. The van der Waals surface area contributed by atoms with E-state index in [9.17, 15) is 22.8 Å². The molecule has 0 heterocycles. The van der Waals surface area contributed by atoms with Crippen molar-refractivity contribution in [1.29, 1.82) is 0 Å². The lowest BCUT2D eigenvalue weighted by Gasteiger charge is -2.13. The highest BCUT2D eigenvalue weighted by Gasteiger charge is 2.32. The lowest BCUT2D eigenvalue weighted by molar-refractivity contribution is -0.137. The zero-order valence-electron chi connectivity index (χ0n) is 11.4.